The summed E-state index contributed by atoms with van der Waals surface area (Å²) in [5, 5.41) is 8.95. The van der Waals surface area contributed by atoms with Gasteiger partial charge >= 0.3 is 0 Å². The first kappa shape index (κ1) is 25.2. The molecule has 6 nitrogen and oxygen atoms in total. The zero-order valence-electron chi connectivity index (χ0n) is 18.9. The summed E-state index contributed by atoms with van der Waals surface area (Å²) in [4.78, 5) is 25.3. The van der Waals surface area contributed by atoms with Gasteiger partial charge < -0.3 is 15.4 Å². The lowest BCUT2D eigenvalue weighted by Crippen LogP contribution is -2.36. The van der Waals surface area contributed by atoms with Gasteiger partial charge in [0.1, 0.15) is 5.75 Å². The first-order chi connectivity index (χ1) is 15.8. The number of benzene rings is 2. The third-order valence-electron chi connectivity index (χ3n) is 5.33. The minimum absolute atomic E-state index is 0.0621. The van der Waals surface area contributed by atoms with Crippen LogP contribution in [0.3, 0.4) is 0 Å². The second kappa shape index (κ2) is 12.1. The van der Waals surface area contributed by atoms with E-state index >= 15 is 0 Å². The van der Waals surface area contributed by atoms with Gasteiger partial charge in [0, 0.05) is 21.8 Å². The molecule has 0 atom stereocenters. The van der Waals surface area contributed by atoms with Crippen LogP contribution in [-0.4, -0.2) is 29.6 Å². The fraction of sp³-hybridized carbons (Fsp3) is 0.400. The molecule has 8 heteroatoms. The van der Waals surface area contributed by atoms with Crippen molar-refractivity contribution < 1.29 is 14.3 Å². The van der Waals surface area contributed by atoms with Gasteiger partial charge in [0.15, 0.2) is 5.11 Å². The van der Waals surface area contributed by atoms with E-state index in [-0.39, 0.29) is 23.0 Å². The van der Waals surface area contributed by atoms with Crippen molar-refractivity contribution in [2.45, 2.75) is 52.0 Å². The number of thiocarbonyl (C=S) groups is 1. The standard InChI is InChI=1S/C25H30BrN3O3S/c1-16(2)15-32-22-13-10-18(26)14-21(22)24(31)29-25(33)28-20-11-8-17(9-12-20)23(30)27-19-6-4-3-5-7-19/h8-14,16,19H,3-7,15H2,1-2H3,(H,27,30)(H2,28,29,31,33). The molecule has 176 valence electrons. The molecule has 1 fully saturated rings. The summed E-state index contributed by atoms with van der Waals surface area (Å²) in [6, 6.07) is 12.6. The Balaban J connectivity index is 1.56. The van der Waals surface area contributed by atoms with Gasteiger partial charge in [-0.05, 0) is 73.4 Å². The van der Waals surface area contributed by atoms with Gasteiger partial charge in [-0.15, -0.1) is 0 Å². The molecule has 2 amide bonds. The summed E-state index contributed by atoms with van der Waals surface area (Å²) >= 11 is 8.71. The van der Waals surface area contributed by atoms with Crippen molar-refractivity contribution in [2.75, 3.05) is 11.9 Å². The SMILES string of the molecule is CC(C)COc1ccc(Br)cc1C(=O)NC(=S)Nc1ccc(C(=O)NC2CCCCC2)cc1. The summed E-state index contributed by atoms with van der Waals surface area (Å²) in [7, 11) is 0. The summed E-state index contributed by atoms with van der Waals surface area (Å²) < 4.78 is 6.55. The summed E-state index contributed by atoms with van der Waals surface area (Å²) in [6.07, 6.45) is 5.67. The molecule has 0 aromatic heterocycles. The van der Waals surface area contributed by atoms with E-state index in [1.165, 1.54) is 19.3 Å². The number of nitrogens with one attached hydrogen (secondary N) is 3. The van der Waals surface area contributed by atoms with Crippen LogP contribution < -0.4 is 20.7 Å². The molecular weight excluding hydrogens is 502 g/mol. The third-order valence-corrected chi connectivity index (χ3v) is 6.03. The van der Waals surface area contributed by atoms with Crippen molar-refractivity contribution in [1.29, 1.82) is 0 Å². The lowest BCUT2D eigenvalue weighted by molar-refractivity contribution is 0.0926. The molecule has 0 saturated heterocycles. The maximum Gasteiger partial charge on any atom is 0.261 e. The fourth-order valence-corrected chi connectivity index (χ4v) is 4.19. The predicted octanol–water partition coefficient (Wildman–Crippen LogP) is 5.67. The largest absolute Gasteiger partial charge is 0.492 e. The molecule has 0 aliphatic heterocycles. The molecule has 2 aromatic rings. The maximum absolute atomic E-state index is 12.8. The van der Waals surface area contributed by atoms with Crippen molar-refractivity contribution >= 4 is 50.8 Å². The number of anilines is 1. The topological polar surface area (TPSA) is 79.5 Å². The summed E-state index contributed by atoms with van der Waals surface area (Å²) in [6.45, 7) is 4.59. The minimum Gasteiger partial charge on any atom is -0.492 e. The molecular formula is C25H30BrN3O3S. The van der Waals surface area contributed by atoms with Crippen LogP contribution in [0.25, 0.3) is 0 Å². The van der Waals surface area contributed by atoms with Gasteiger partial charge in [0.05, 0.1) is 12.2 Å². The Morgan fingerprint density at radius 2 is 1.76 bits per heavy atom. The third kappa shape index (κ3) is 7.82. The Kier molecular flexibility index (Phi) is 9.26. The number of halogens is 1. The Morgan fingerprint density at radius 1 is 1.06 bits per heavy atom. The average molecular weight is 533 g/mol. The Bertz CT molecular complexity index is 989. The summed E-state index contributed by atoms with van der Waals surface area (Å²) in [5.41, 5.74) is 1.67. The summed E-state index contributed by atoms with van der Waals surface area (Å²) in [5.74, 6) is 0.407. The number of amides is 2. The molecule has 2 aromatic carbocycles. The highest BCUT2D eigenvalue weighted by Crippen LogP contribution is 2.24. The Morgan fingerprint density at radius 3 is 2.42 bits per heavy atom. The van der Waals surface area contributed by atoms with E-state index in [1.54, 1.807) is 36.4 Å². The van der Waals surface area contributed by atoms with Gasteiger partial charge in [-0.3, -0.25) is 14.9 Å². The van der Waals surface area contributed by atoms with Crippen molar-refractivity contribution in [2.24, 2.45) is 5.92 Å². The van der Waals surface area contributed by atoms with Crippen molar-refractivity contribution in [1.82, 2.24) is 10.6 Å². The zero-order valence-corrected chi connectivity index (χ0v) is 21.4. The molecule has 1 saturated carbocycles. The highest BCUT2D eigenvalue weighted by Gasteiger charge is 2.17. The van der Waals surface area contributed by atoms with E-state index < -0.39 is 0 Å². The molecule has 3 rings (SSSR count). The molecule has 33 heavy (non-hydrogen) atoms. The van der Waals surface area contributed by atoms with Crippen molar-refractivity contribution in [3.8, 4) is 5.75 Å². The molecule has 0 unspecified atom stereocenters. The van der Waals surface area contributed by atoms with E-state index in [4.69, 9.17) is 17.0 Å². The van der Waals surface area contributed by atoms with E-state index in [1.807, 2.05) is 19.9 Å². The minimum atomic E-state index is -0.365. The first-order valence-electron chi connectivity index (χ1n) is 11.3. The van der Waals surface area contributed by atoms with Gasteiger partial charge in [0.2, 0.25) is 0 Å². The van der Waals surface area contributed by atoms with Crippen LogP contribution in [0.1, 0.15) is 66.7 Å². The van der Waals surface area contributed by atoms with Gasteiger partial charge in [-0.1, -0.05) is 49.0 Å². The molecule has 0 heterocycles. The van der Waals surface area contributed by atoms with Crippen molar-refractivity contribution in [3.05, 3.63) is 58.1 Å². The number of carbonyl (C=O) groups is 2. The Labute approximate surface area is 209 Å². The monoisotopic (exact) mass is 531 g/mol. The quantitative estimate of drug-likeness (QED) is 0.401. The van der Waals surface area contributed by atoms with Crippen LogP contribution >= 0.6 is 28.1 Å². The predicted molar refractivity (Wildman–Crippen MR) is 139 cm³/mol. The van der Waals surface area contributed by atoms with Crippen LogP contribution in [0, 0.1) is 5.92 Å². The maximum atomic E-state index is 12.8. The number of hydrogen-bond donors (Lipinski definition) is 3. The number of hydrogen-bond acceptors (Lipinski definition) is 4. The molecule has 0 radical (unpaired) electrons. The van der Waals surface area contributed by atoms with Crippen LogP contribution in [0.5, 0.6) is 5.75 Å². The van der Waals surface area contributed by atoms with E-state index in [0.29, 0.717) is 35.1 Å². The van der Waals surface area contributed by atoms with Crippen LogP contribution in [0.2, 0.25) is 0 Å². The van der Waals surface area contributed by atoms with E-state index in [0.717, 1.165) is 17.3 Å². The van der Waals surface area contributed by atoms with Gasteiger partial charge in [-0.25, -0.2) is 0 Å². The smallest absolute Gasteiger partial charge is 0.261 e. The highest BCUT2D eigenvalue weighted by molar-refractivity contribution is 9.10. The second-order valence-corrected chi connectivity index (χ2v) is 9.96. The zero-order chi connectivity index (χ0) is 23.8. The first-order valence-corrected chi connectivity index (χ1v) is 12.5. The number of carbonyl (C=O) groups excluding carboxylic acids is 2. The molecule has 1 aliphatic rings. The van der Waals surface area contributed by atoms with E-state index in [9.17, 15) is 9.59 Å². The molecule has 3 N–H and O–H groups in total. The second-order valence-electron chi connectivity index (χ2n) is 8.64. The van der Waals surface area contributed by atoms with Gasteiger partial charge in [-0.2, -0.15) is 0 Å². The van der Waals surface area contributed by atoms with Crippen LogP contribution in [-0.2, 0) is 0 Å². The van der Waals surface area contributed by atoms with Crippen molar-refractivity contribution in [3.63, 3.8) is 0 Å². The van der Waals surface area contributed by atoms with Crippen LogP contribution in [0.15, 0.2) is 46.9 Å². The van der Waals surface area contributed by atoms with Crippen LogP contribution in [0.4, 0.5) is 5.69 Å². The van der Waals surface area contributed by atoms with E-state index in [2.05, 4.69) is 31.9 Å². The lowest BCUT2D eigenvalue weighted by Gasteiger charge is -2.22. The average Bonchev–Trinajstić information content (AvgIpc) is 2.79. The molecule has 0 spiro atoms. The van der Waals surface area contributed by atoms with Gasteiger partial charge in [0.25, 0.3) is 11.8 Å². The normalized spacial score (nSPS) is 13.9. The number of ether oxygens (including phenoxy) is 1. The highest BCUT2D eigenvalue weighted by atomic mass is 79.9. The molecule has 1 aliphatic carbocycles. The fourth-order valence-electron chi connectivity index (χ4n) is 3.62. The Hall–Kier alpha value is -2.45. The lowest BCUT2D eigenvalue weighted by atomic mass is 9.95. The number of rotatable bonds is 7. The molecule has 0 bridgehead atoms.